The quantitative estimate of drug-likeness (QED) is 0.295. The maximum atomic E-state index is 13.4. The summed E-state index contributed by atoms with van der Waals surface area (Å²) < 4.78 is 15.8. The molecule has 2 amide bonds. The van der Waals surface area contributed by atoms with Crippen LogP contribution in [0.15, 0.2) is 30.3 Å². The summed E-state index contributed by atoms with van der Waals surface area (Å²) >= 11 is 0. The molecule has 0 aliphatic rings. The van der Waals surface area contributed by atoms with Crippen LogP contribution in [0.4, 0.5) is 4.79 Å². The van der Waals surface area contributed by atoms with Crippen molar-refractivity contribution in [1.82, 2.24) is 10.2 Å². The molecule has 192 valence electrons. The Hall–Kier alpha value is -2.61. The molecule has 1 N–H and O–H groups in total. The number of alkyl carbamates (subject to hydrolysis) is 1. The van der Waals surface area contributed by atoms with Crippen LogP contribution in [-0.2, 0) is 30.4 Å². The van der Waals surface area contributed by atoms with Gasteiger partial charge < -0.3 is 24.4 Å². The van der Waals surface area contributed by atoms with Gasteiger partial charge in [0.1, 0.15) is 18.2 Å². The van der Waals surface area contributed by atoms with Gasteiger partial charge in [0.15, 0.2) is 0 Å². The van der Waals surface area contributed by atoms with Gasteiger partial charge >= 0.3 is 12.1 Å². The molecule has 8 nitrogen and oxygen atoms in total. The number of methoxy groups -OCH3 is 1. The second-order valence-electron chi connectivity index (χ2n) is 9.26. The van der Waals surface area contributed by atoms with Crippen molar-refractivity contribution in [1.29, 1.82) is 0 Å². The van der Waals surface area contributed by atoms with E-state index in [-0.39, 0.29) is 25.4 Å². The number of carbonyl (C=O) groups is 3. The van der Waals surface area contributed by atoms with E-state index < -0.39 is 23.7 Å². The van der Waals surface area contributed by atoms with Gasteiger partial charge in [0.25, 0.3) is 0 Å². The molecule has 0 heterocycles. The Balaban J connectivity index is 2.82. The minimum atomic E-state index is -0.886. The van der Waals surface area contributed by atoms with Gasteiger partial charge in [-0.3, -0.25) is 9.59 Å². The number of amides is 2. The second-order valence-corrected chi connectivity index (χ2v) is 9.26. The number of benzene rings is 1. The van der Waals surface area contributed by atoms with E-state index >= 15 is 0 Å². The number of nitrogens with one attached hydrogen (secondary N) is 1. The topological polar surface area (TPSA) is 94.2 Å². The van der Waals surface area contributed by atoms with Crippen LogP contribution in [0.1, 0.15) is 71.8 Å². The standard InChI is InChI=1S/C26H42N2O6/c1-6-7-11-17-28(18-12-19-32-5)24(30)22(27-25(31)34-26(2,3)4)15-16-23(29)33-20-21-13-9-8-10-14-21/h8-10,13-14,22H,6-7,11-12,15-20H2,1-5H3,(H,27,31)/t22-/m0/s1. The molecule has 0 saturated heterocycles. The number of esters is 1. The number of hydrogen-bond acceptors (Lipinski definition) is 6. The molecule has 1 rings (SSSR count). The lowest BCUT2D eigenvalue weighted by molar-refractivity contribution is -0.145. The lowest BCUT2D eigenvalue weighted by Crippen LogP contribution is -2.50. The Morgan fingerprint density at radius 1 is 1.03 bits per heavy atom. The molecule has 0 spiro atoms. The van der Waals surface area contributed by atoms with Crippen LogP contribution in [0.25, 0.3) is 0 Å². The first-order valence-electron chi connectivity index (χ1n) is 12.1. The van der Waals surface area contributed by atoms with Gasteiger partial charge in [0.2, 0.25) is 5.91 Å². The summed E-state index contributed by atoms with van der Waals surface area (Å²) in [5, 5.41) is 2.67. The zero-order chi connectivity index (χ0) is 25.4. The predicted octanol–water partition coefficient (Wildman–Crippen LogP) is 4.46. The highest BCUT2D eigenvalue weighted by Crippen LogP contribution is 2.12. The minimum absolute atomic E-state index is 0.0000901. The zero-order valence-electron chi connectivity index (χ0n) is 21.4. The largest absolute Gasteiger partial charge is 0.461 e. The number of carbonyl (C=O) groups excluding carboxylic acids is 3. The predicted molar refractivity (Wildman–Crippen MR) is 131 cm³/mol. The van der Waals surface area contributed by atoms with E-state index in [4.69, 9.17) is 14.2 Å². The Morgan fingerprint density at radius 3 is 2.32 bits per heavy atom. The van der Waals surface area contributed by atoms with Gasteiger partial charge in [-0.15, -0.1) is 0 Å². The summed E-state index contributed by atoms with van der Waals surface area (Å²) in [7, 11) is 1.62. The summed E-state index contributed by atoms with van der Waals surface area (Å²) in [5.41, 5.74) is 0.182. The van der Waals surface area contributed by atoms with Gasteiger partial charge in [-0.05, 0) is 45.6 Å². The van der Waals surface area contributed by atoms with Gasteiger partial charge in [-0.25, -0.2) is 4.79 Å². The maximum Gasteiger partial charge on any atom is 0.408 e. The highest BCUT2D eigenvalue weighted by molar-refractivity contribution is 5.86. The van der Waals surface area contributed by atoms with E-state index in [9.17, 15) is 14.4 Å². The van der Waals surface area contributed by atoms with Crippen molar-refractivity contribution in [3.63, 3.8) is 0 Å². The fraction of sp³-hybridized carbons (Fsp3) is 0.654. The van der Waals surface area contributed by atoms with Gasteiger partial charge in [-0.1, -0.05) is 50.1 Å². The lowest BCUT2D eigenvalue weighted by atomic mass is 10.1. The molecule has 0 aliphatic heterocycles. The first-order chi connectivity index (χ1) is 16.2. The molecular weight excluding hydrogens is 436 g/mol. The third-order valence-electron chi connectivity index (χ3n) is 4.99. The second kappa shape index (κ2) is 16.1. The van der Waals surface area contributed by atoms with Gasteiger partial charge in [-0.2, -0.15) is 0 Å². The summed E-state index contributed by atoms with van der Waals surface area (Å²) in [4.78, 5) is 39.9. The smallest absolute Gasteiger partial charge is 0.408 e. The van der Waals surface area contributed by atoms with Crippen molar-refractivity contribution in [3.8, 4) is 0 Å². The van der Waals surface area contributed by atoms with Gasteiger partial charge in [0, 0.05) is 33.2 Å². The van der Waals surface area contributed by atoms with Crippen molar-refractivity contribution >= 4 is 18.0 Å². The average molecular weight is 479 g/mol. The molecule has 0 unspecified atom stereocenters. The van der Waals surface area contributed by atoms with E-state index in [1.807, 2.05) is 30.3 Å². The van der Waals surface area contributed by atoms with E-state index in [1.54, 1.807) is 32.8 Å². The fourth-order valence-corrected chi connectivity index (χ4v) is 3.28. The summed E-state index contributed by atoms with van der Waals surface area (Å²) in [6.45, 7) is 9.17. The van der Waals surface area contributed by atoms with Crippen LogP contribution >= 0.6 is 0 Å². The zero-order valence-corrected chi connectivity index (χ0v) is 21.4. The molecular formula is C26H42N2O6. The van der Waals surface area contributed by atoms with Crippen molar-refractivity contribution in [2.75, 3.05) is 26.8 Å². The van der Waals surface area contributed by atoms with Crippen molar-refractivity contribution < 1.29 is 28.6 Å². The van der Waals surface area contributed by atoms with Crippen LogP contribution in [0.2, 0.25) is 0 Å². The molecule has 8 heteroatoms. The average Bonchev–Trinajstić information content (AvgIpc) is 2.78. The Labute approximate surface area is 204 Å². The van der Waals surface area contributed by atoms with Crippen molar-refractivity contribution in [2.45, 2.75) is 84.5 Å². The lowest BCUT2D eigenvalue weighted by Gasteiger charge is -2.29. The molecule has 1 aromatic carbocycles. The van der Waals surface area contributed by atoms with Gasteiger partial charge in [0.05, 0.1) is 0 Å². The Kier molecular flexibility index (Phi) is 13.9. The highest BCUT2D eigenvalue weighted by Gasteiger charge is 2.28. The number of rotatable bonds is 15. The normalized spacial score (nSPS) is 12.0. The molecule has 34 heavy (non-hydrogen) atoms. The van der Waals surface area contributed by atoms with E-state index in [0.717, 1.165) is 24.8 Å². The fourth-order valence-electron chi connectivity index (χ4n) is 3.28. The van der Waals surface area contributed by atoms with E-state index in [1.165, 1.54) is 0 Å². The van der Waals surface area contributed by atoms with Crippen LogP contribution in [0.5, 0.6) is 0 Å². The molecule has 0 fully saturated rings. The molecule has 1 atom stereocenters. The number of ether oxygens (including phenoxy) is 3. The SMILES string of the molecule is CCCCCN(CCCOC)C(=O)[C@H](CCC(=O)OCc1ccccc1)NC(=O)OC(C)(C)C. The maximum absolute atomic E-state index is 13.4. The molecule has 0 saturated carbocycles. The highest BCUT2D eigenvalue weighted by atomic mass is 16.6. The minimum Gasteiger partial charge on any atom is -0.461 e. The van der Waals surface area contributed by atoms with Crippen molar-refractivity contribution in [3.05, 3.63) is 35.9 Å². The summed E-state index contributed by atoms with van der Waals surface area (Å²) in [6, 6.07) is 8.50. The summed E-state index contributed by atoms with van der Waals surface area (Å²) in [5.74, 6) is -0.654. The van der Waals surface area contributed by atoms with Crippen LogP contribution in [-0.4, -0.2) is 61.3 Å². The number of unbranched alkanes of at least 4 members (excludes halogenated alkanes) is 2. The summed E-state index contributed by atoms with van der Waals surface area (Å²) in [6.07, 6.45) is 3.03. The molecule has 0 bridgehead atoms. The number of hydrogen-bond donors (Lipinski definition) is 1. The first-order valence-corrected chi connectivity index (χ1v) is 12.1. The number of nitrogens with zero attached hydrogens (tertiary/aromatic N) is 1. The molecule has 0 aliphatic carbocycles. The first kappa shape index (κ1) is 29.4. The molecule has 0 aromatic heterocycles. The molecule has 1 aromatic rings. The Bertz CT molecular complexity index is 723. The Morgan fingerprint density at radius 2 is 1.71 bits per heavy atom. The van der Waals surface area contributed by atoms with Crippen LogP contribution in [0, 0.1) is 0 Å². The van der Waals surface area contributed by atoms with E-state index in [2.05, 4.69) is 12.2 Å². The third kappa shape index (κ3) is 13.2. The van der Waals surface area contributed by atoms with E-state index in [0.29, 0.717) is 26.1 Å². The molecule has 0 radical (unpaired) electrons. The van der Waals surface area contributed by atoms with Crippen molar-refractivity contribution in [2.24, 2.45) is 0 Å². The van der Waals surface area contributed by atoms with Crippen LogP contribution < -0.4 is 5.32 Å². The monoisotopic (exact) mass is 478 g/mol. The third-order valence-corrected chi connectivity index (χ3v) is 4.99. The van der Waals surface area contributed by atoms with Crippen LogP contribution in [0.3, 0.4) is 0 Å².